The Morgan fingerprint density at radius 3 is 2.73 bits per heavy atom. The average molecular weight is 354 g/mol. The fourth-order valence-corrected chi connectivity index (χ4v) is 4.28. The van der Waals surface area contributed by atoms with Gasteiger partial charge in [0, 0.05) is 16.7 Å². The van der Waals surface area contributed by atoms with Gasteiger partial charge in [0.05, 0.1) is 0 Å². The predicted octanol–water partition coefficient (Wildman–Crippen LogP) is 4.61. The number of aromatic nitrogens is 2. The van der Waals surface area contributed by atoms with E-state index in [4.69, 9.17) is 11.6 Å². The molecule has 1 aliphatic carbocycles. The highest BCUT2D eigenvalue weighted by Crippen LogP contribution is 2.30. The number of anilines is 1. The van der Waals surface area contributed by atoms with Crippen molar-refractivity contribution in [2.24, 2.45) is 5.92 Å². The second-order valence-electron chi connectivity index (χ2n) is 5.26. The number of benzene rings is 1. The van der Waals surface area contributed by atoms with Crippen molar-refractivity contribution >= 4 is 45.7 Å². The quantitative estimate of drug-likeness (QED) is 0.629. The van der Waals surface area contributed by atoms with Gasteiger partial charge in [0.25, 0.3) is 0 Å². The molecule has 0 spiro atoms. The van der Waals surface area contributed by atoms with Gasteiger partial charge in [0.15, 0.2) is 4.34 Å². The van der Waals surface area contributed by atoms with Crippen molar-refractivity contribution in [2.75, 3.05) is 5.32 Å². The third-order valence-corrected chi connectivity index (χ3v) is 5.93. The molecular formula is C15H16ClN3OS2. The van der Waals surface area contributed by atoms with E-state index in [0.29, 0.717) is 5.13 Å². The Hall–Kier alpha value is -1.11. The highest BCUT2D eigenvalue weighted by molar-refractivity contribution is 8.00. The maximum Gasteiger partial charge on any atom is 0.229 e. The predicted molar refractivity (Wildman–Crippen MR) is 91.5 cm³/mol. The lowest BCUT2D eigenvalue weighted by Gasteiger charge is -2.06. The number of nitrogens with zero attached hydrogens (tertiary/aromatic N) is 2. The van der Waals surface area contributed by atoms with Crippen molar-refractivity contribution in [3.05, 3.63) is 34.9 Å². The Labute approximate surface area is 142 Å². The van der Waals surface area contributed by atoms with E-state index in [1.54, 1.807) is 11.8 Å². The van der Waals surface area contributed by atoms with E-state index in [9.17, 15) is 4.79 Å². The number of halogens is 1. The van der Waals surface area contributed by atoms with E-state index < -0.39 is 0 Å². The molecule has 0 bridgehead atoms. The number of nitrogens with one attached hydrogen (secondary N) is 1. The molecule has 1 N–H and O–H groups in total. The van der Waals surface area contributed by atoms with Crippen LogP contribution in [0.15, 0.2) is 28.6 Å². The molecule has 1 aromatic carbocycles. The van der Waals surface area contributed by atoms with Crippen LogP contribution in [-0.4, -0.2) is 16.1 Å². The topological polar surface area (TPSA) is 54.9 Å². The lowest BCUT2D eigenvalue weighted by Crippen LogP contribution is -2.20. The third-order valence-electron chi connectivity index (χ3n) is 3.64. The SMILES string of the molecule is O=C(Nc1nnc(SCc2ccc(Cl)cc2)s1)C1CCCC1. The van der Waals surface area contributed by atoms with Crippen molar-refractivity contribution < 1.29 is 4.79 Å². The fourth-order valence-electron chi connectivity index (χ4n) is 2.44. The molecule has 0 unspecified atom stereocenters. The summed E-state index contributed by atoms with van der Waals surface area (Å²) in [6, 6.07) is 7.76. The summed E-state index contributed by atoms with van der Waals surface area (Å²) in [4.78, 5) is 12.0. The largest absolute Gasteiger partial charge is 0.300 e. The molecule has 0 atom stereocenters. The summed E-state index contributed by atoms with van der Waals surface area (Å²) < 4.78 is 0.858. The Morgan fingerprint density at radius 2 is 2.00 bits per heavy atom. The van der Waals surface area contributed by atoms with E-state index in [2.05, 4.69) is 15.5 Å². The van der Waals surface area contributed by atoms with Crippen molar-refractivity contribution in [1.82, 2.24) is 10.2 Å². The van der Waals surface area contributed by atoms with Crippen LogP contribution in [0, 0.1) is 5.92 Å². The molecule has 1 heterocycles. The second kappa shape index (κ2) is 7.44. The Balaban J connectivity index is 1.52. The van der Waals surface area contributed by atoms with Crippen molar-refractivity contribution in [2.45, 2.75) is 35.8 Å². The van der Waals surface area contributed by atoms with Gasteiger partial charge in [-0.3, -0.25) is 4.79 Å². The van der Waals surface area contributed by atoms with E-state index in [-0.39, 0.29) is 11.8 Å². The average Bonchev–Trinajstić information content (AvgIpc) is 3.18. The molecule has 1 amide bonds. The summed E-state index contributed by atoms with van der Waals surface area (Å²) in [5.74, 6) is 1.04. The van der Waals surface area contributed by atoms with Crippen LogP contribution in [0.4, 0.5) is 5.13 Å². The second-order valence-corrected chi connectivity index (χ2v) is 7.90. The first kappa shape index (κ1) is 15.8. The number of thioether (sulfide) groups is 1. The molecule has 0 radical (unpaired) electrons. The van der Waals surface area contributed by atoms with E-state index in [1.165, 1.54) is 16.9 Å². The summed E-state index contributed by atoms with van der Waals surface area (Å²) in [6.45, 7) is 0. The van der Waals surface area contributed by atoms with Gasteiger partial charge in [0.1, 0.15) is 0 Å². The van der Waals surface area contributed by atoms with Crippen LogP contribution in [-0.2, 0) is 10.5 Å². The molecule has 1 saturated carbocycles. The number of rotatable bonds is 5. The molecular weight excluding hydrogens is 338 g/mol. The fraction of sp³-hybridized carbons (Fsp3) is 0.400. The standard InChI is InChI=1S/C15H16ClN3OS2/c16-12-7-5-10(6-8-12)9-21-15-19-18-14(22-15)17-13(20)11-3-1-2-4-11/h5-8,11H,1-4,9H2,(H,17,18,20). The van der Waals surface area contributed by atoms with Gasteiger partial charge in [-0.2, -0.15) is 0 Å². The van der Waals surface area contributed by atoms with Crippen LogP contribution < -0.4 is 5.32 Å². The molecule has 2 aromatic rings. The van der Waals surface area contributed by atoms with Gasteiger partial charge < -0.3 is 5.32 Å². The minimum atomic E-state index is 0.0860. The minimum absolute atomic E-state index is 0.0860. The first-order valence-corrected chi connectivity index (χ1v) is 9.40. The number of hydrogen-bond donors (Lipinski definition) is 1. The zero-order valence-electron chi connectivity index (χ0n) is 11.9. The van der Waals surface area contributed by atoms with Gasteiger partial charge in [-0.15, -0.1) is 10.2 Å². The lowest BCUT2D eigenvalue weighted by atomic mass is 10.1. The monoisotopic (exact) mass is 353 g/mol. The zero-order valence-corrected chi connectivity index (χ0v) is 14.3. The molecule has 3 rings (SSSR count). The Bertz CT molecular complexity index is 638. The zero-order chi connectivity index (χ0) is 15.4. The normalized spacial score (nSPS) is 15.1. The van der Waals surface area contributed by atoms with Crippen molar-refractivity contribution in [3.8, 4) is 0 Å². The van der Waals surface area contributed by atoms with Gasteiger partial charge in [-0.05, 0) is 30.5 Å². The van der Waals surface area contributed by atoms with E-state index >= 15 is 0 Å². The smallest absolute Gasteiger partial charge is 0.229 e. The van der Waals surface area contributed by atoms with Crippen LogP contribution in [0.1, 0.15) is 31.2 Å². The summed E-state index contributed by atoms with van der Waals surface area (Å²) >= 11 is 8.90. The van der Waals surface area contributed by atoms with Gasteiger partial charge >= 0.3 is 0 Å². The Kier molecular flexibility index (Phi) is 5.33. The summed E-state index contributed by atoms with van der Waals surface area (Å²) in [6.07, 6.45) is 4.28. The van der Waals surface area contributed by atoms with Gasteiger partial charge in [-0.25, -0.2) is 0 Å². The van der Waals surface area contributed by atoms with Gasteiger partial charge in [-0.1, -0.05) is 59.7 Å². The van der Waals surface area contributed by atoms with Crippen molar-refractivity contribution in [1.29, 1.82) is 0 Å². The summed E-state index contributed by atoms with van der Waals surface area (Å²) in [7, 11) is 0. The molecule has 4 nitrogen and oxygen atoms in total. The highest BCUT2D eigenvalue weighted by atomic mass is 35.5. The van der Waals surface area contributed by atoms with Crippen LogP contribution in [0.5, 0.6) is 0 Å². The molecule has 116 valence electrons. The van der Waals surface area contributed by atoms with Crippen LogP contribution in [0.25, 0.3) is 0 Å². The molecule has 1 aromatic heterocycles. The number of hydrogen-bond acceptors (Lipinski definition) is 5. The molecule has 1 aliphatic rings. The molecule has 22 heavy (non-hydrogen) atoms. The lowest BCUT2D eigenvalue weighted by molar-refractivity contribution is -0.119. The van der Waals surface area contributed by atoms with Gasteiger partial charge in [0.2, 0.25) is 11.0 Å². The van der Waals surface area contributed by atoms with Crippen molar-refractivity contribution in [3.63, 3.8) is 0 Å². The molecule has 0 aliphatic heterocycles. The summed E-state index contributed by atoms with van der Waals surface area (Å²) in [5, 5.41) is 12.4. The first-order valence-electron chi connectivity index (χ1n) is 7.22. The maximum absolute atomic E-state index is 12.0. The maximum atomic E-state index is 12.0. The number of carbonyl (C=O) groups is 1. The van der Waals surface area contributed by atoms with Crippen LogP contribution in [0.3, 0.4) is 0 Å². The number of carbonyl (C=O) groups excluding carboxylic acids is 1. The number of amides is 1. The van der Waals surface area contributed by atoms with Crippen LogP contribution >= 0.6 is 34.7 Å². The molecule has 0 saturated heterocycles. The Morgan fingerprint density at radius 1 is 1.27 bits per heavy atom. The summed E-state index contributed by atoms with van der Waals surface area (Å²) in [5.41, 5.74) is 1.18. The van der Waals surface area contributed by atoms with E-state index in [1.807, 2.05) is 24.3 Å². The third kappa shape index (κ3) is 4.21. The highest BCUT2D eigenvalue weighted by Gasteiger charge is 2.23. The molecule has 7 heteroatoms. The van der Waals surface area contributed by atoms with E-state index in [0.717, 1.165) is 40.8 Å². The molecule has 1 fully saturated rings. The minimum Gasteiger partial charge on any atom is -0.300 e. The first-order chi connectivity index (χ1) is 10.7. The van der Waals surface area contributed by atoms with Crippen LogP contribution in [0.2, 0.25) is 5.02 Å².